The molecule has 1 aliphatic heterocycles. The summed E-state index contributed by atoms with van der Waals surface area (Å²) in [5, 5.41) is 9.01. The Hall–Kier alpha value is -3.57. The van der Waals surface area contributed by atoms with Gasteiger partial charge in [-0.3, -0.25) is 9.36 Å². The Morgan fingerprint density at radius 1 is 1.21 bits per heavy atom. The Kier molecular flexibility index (Phi) is 5.31. The van der Waals surface area contributed by atoms with Crippen molar-refractivity contribution >= 4 is 5.95 Å². The van der Waals surface area contributed by atoms with Crippen LogP contribution in [0.5, 0.6) is 0 Å². The number of ether oxygens (including phenoxy) is 1. The lowest BCUT2D eigenvalue weighted by atomic mass is 10.1. The van der Waals surface area contributed by atoms with Crippen LogP contribution in [0.25, 0.3) is 11.4 Å². The van der Waals surface area contributed by atoms with E-state index >= 15 is 0 Å². The summed E-state index contributed by atoms with van der Waals surface area (Å²) in [4.78, 5) is 27.5. The normalized spacial score (nSPS) is 16.8. The van der Waals surface area contributed by atoms with E-state index in [1.54, 1.807) is 36.0 Å². The summed E-state index contributed by atoms with van der Waals surface area (Å²) < 4.78 is 7.59. The smallest absolute Gasteiger partial charge is 0.255 e. The second-order valence-electron chi connectivity index (χ2n) is 6.83. The van der Waals surface area contributed by atoms with Crippen LogP contribution in [0.2, 0.25) is 0 Å². The molecule has 0 saturated carbocycles. The summed E-state index contributed by atoms with van der Waals surface area (Å²) >= 11 is 0. The van der Waals surface area contributed by atoms with Gasteiger partial charge in [-0.1, -0.05) is 12.1 Å². The molecule has 0 spiro atoms. The first kappa shape index (κ1) is 18.8. The first-order valence-electron chi connectivity index (χ1n) is 9.37. The van der Waals surface area contributed by atoms with Gasteiger partial charge in [-0.25, -0.2) is 15.0 Å². The molecular weight excluding hydrogens is 368 g/mol. The molecule has 0 radical (unpaired) electrons. The van der Waals surface area contributed by atoms with Crippen molar-refractivity contribution in [2.45, 2.75) is 12.5 Å². The van der Waals surface area contributed by atoms with Crippen LogP contribution in [0, 0.1) is 11.3 Å². The number of rotatable bonds is 3. The van der Waals surface area contributed by atoms with Gasteiger partial charge in [0.1, 0.15) is 12.4 Å². The maximum atomic E-state index is 12.6. The lowest BCUT2D eigenvalue weighted by Gasteiger charge is -2.26. The molecule has 3 heterocycles. The second kappa shape index (κ2) is 8.20. The zero-order valence-corrected chi connectivity index (χ0v) is 16.0. The molecule has 0 bridgehead atoms. The standard InChI is InChI=1S/C21H20N6O2/c1-26-20(28)11-18(17-7-8-23-14-24-17)25-21(26)27-9-2-10-29-19(13-27)16-5-3-15(12-22)4-6-16/h3-8,11,14,19H,2,9-10,13H2,1H3/t19-/m1/s1. The number of benzene rings is 1. The van der Waals surface area contributed by atoms with Crippen LogP contribution in [0.15, 0.2) is 53.7 Å². The minimum Gasteiger partial charge on any atom is -0.372 e. The molecule has 1 aliphatic rings. The highest BCUT2D eigenvalue weighted by molar-refractivity contribution is 5.55. The van der Waals surface area contributed by atoms with Gasteiger partial charge in [0.15, 0.2) is 0 Å². The largest absolute Gasteiger partial charge is 0.372 e. The van der Waals surface area contributed by atoms with Crippen molar-refractivity contribution < 1.29 is 4.74 Å². The van der Waals surface area contributed by atoms with Crippen LogP contribution in [-0.4, -0.2) is 39.2 Å². The van der Waals surface area contributed by atoms with Crippen molar-refractivity contribution in [1.82, 2.24) is 19.5 Å². The molecule has 4 rings (SSSR count). The van der Waals surface area contributed by atoms with Crippen molar-refractivity contribution in [2.75, 3.05) is 24.6 Å². The first-order chi connectivity index (χ1) is 14.2. The topological polar surface area (TPSA) is 96.9 Å². The summed E-state index contributed by atoms with van der Waals surface area (Å²) in [6, 6.07) is 12.8. The lowest BCUT2D eigenvalue weighted by molar-refractivity contribution is 0.0685. The van der Waals surface area contributed by atoms with Gasteiger partial charge in [0.2, 0.25) is 5.95 Å². The fourth-order valence-electron chi connectivity index (χ4n) is 3.36. The van der Waals surface area contributed by atoms with E-state index in [2.05, 4.69) is 20.9 Å². The van der Waals surface area contributed by atoms with E-state index in [0.29, 0.717) is 36.1 Å². The molecule has 146 valence electrons. The van der Waals surface area contributed by atoms with Crippen molar-refractivity contribution in [1.29, 1.82) is 5.26 Å². The van der Waals surface area contributed by atoms with Gasteiger partial charge in [-0.05, 0) is 30.2 Å². The second-order valence-corrected chi connectivity index (χ2v) is 6.83. The number of nitrogens with zero attached hydrogens (tertiary/aromatic N) is 6. The molecule has 0 N–H and O–H groups in total. The van der Waals surface area contributed by atoms with E-state index in [-0.39, 0.29) is 11.7 Å². The summed E-state index contributed by atoms with van der Waals surface area (Å²) in [7, 11) is 1.72. The molecule has 8 heteroatoms. The van der Waals surface area contributed by atoms with Crippen molar-refractivity contribution in [2.24, 2.45) is 7.05 Å². The molecule has 0 unspecified atom stereocenters. The van der Waals surface area contributed by atoms with Gasteiger partial charge >= 0.3 is 0 Å². The van der Waals surface area contributed by atoms with Gasteiger partial charge in [-0.15, -0.1) is 0 Å². The fourth-order valence-corrected chi connectivity index (χ4v) is 3.36. The third-order valence-corrected chi connectivity index (χ3v) is 4.93. The molecule has 1 atom stereocenters. The molecule has 1 saturated heterocycles. The highest BCUT2D eigenvalue weighted by Crippen LogP contribution is 2.25. The molecule has 1 aromatic carbocycles. The number of nitriles is 1. The van der Waals surface area contributed by atoms with Crippen molar-refractivity contribution in [3.63, 3.8) is 0 Å². The predicted molar refractivity (Wildman–Crippen MR) is 107 cm³/mol. The maximum Gasteiger partial charge on any atom is 0.255 e. The Morgan fingerprint density at radius 2 is 2.03 bits per heavy atom. The van der Waals surface area contributed by atoms with E-state index in [9.17, 15) is 4.79 Å². The Balaban J connectivity index is 1.68. The average molecular weight is 388 g/mol. The highest BCUT2D eigenvalue weighted by atomic mass is 16.5. The number of aromatic nitrogens is 4. The molecule has 2 aromatic heterocycles. The third kappa shape index (κ3) is 4.00. The molecule has 0 aliphatic carbocycles. The summed E-state index contributed by atoms with van der Waals surface area (Å²) in [5.41, 5.74) is 2.58. The Morgan fingerprint density at radius 3 is 2.76 bits per heavy atom. The third-order valence-electron chi connectivity index (χ3n) is 4.93. The zero-order valence-electron chi connectivity index (χ0n) is 16.0. The number of hydrogen-bond acceptors (Lipinski definition) is 7. The predicted octanol–water partition coefficient (Wildman–Crippen LogP) is 2.08. The quantitative estimate of drug-likeness (QED) is 0.677. The maximum absolute atomic E-state index is 12.6. The van der Waals surface area contributed by atoms with E-state index in [4.69, 9.17) is 15.0 Å². The van der Waals surface area contributed by atoms with Crippen LogP contribution < -0.4 is 10.5 Å². The van der Waals surface area contributed by atoms with Gasteiger partial charge < -0.3 is 9.64 Å². The monoisotopic (exact) mass is 388 g/mol. The summed E-state index contributed by atoms with van der Waals surface area (Å²) in [5.74, 6) is 0.579. The summed E-state index contributed by atoms with van der Waals surface area (Å²) in [6.45, 7) is 1.89. The lowest BCUT2D eigenvalue weighted by Crippen LogP contribution is -2.34. The Labute approximate surface area is 168 Å². The van der Waals surface area contributed by atoms with Crippen LogP contribution in [0.4, 0.5) is 5.95 Å². The van der Waals surface area contributed by atoms with Gasteiger partial charge in [0.05, 0.1) is 29.6 Å². The van der Waals surface area contributed by atoms with Crippen LogP contribution >= 0.6 is 0 Å². The van der Waals surface area contributed by atoms with Gasteiger partial charge in [-0.2, -0.15) is 5.26 Å². The molecular formula is C21H20N6O2. The molecule has 8 nitrogen and oxygen atoms in total. The zero-order chi connectivity index (χ0) is 20.2. The minimum atomic E-state index is -0.176. The van der Waals surface area contributed by atoms with Crippen LogP contribution in [0.1, 0.15) is 23.7 Å². The van der Waals surface area contributed by atoms with E-state index in [0.717, 1.165) is 18.5 Å². The molecule has 1 fully saturated rings. The van der Waals surface area contributed by atoms with Crippen molar-refractivity contribution in [3.8, 4) is 17.5 Å². The number of anilines is 1. The first-order valence-corrected chi connectivity index (χ1v) is 9.37. The van der Waals surface area contributed by atoms with Crippen molar-refractivity contribution in [3.05, 3.63) is 70.4 Å². The molecule has 0 amide bonds. The fraction of sp³-hybridized carbons (Fsp3) is 0.286. The van der Waals surface area contributed by atoms with Gasteiger partial charge in [0.25, 0.3) is 5.56 Å². The highest BCUT2D eigenvalue weighted by Gasteiger charge is 2.24. The van der Waals surface area contributed by atoms with E-state index in [1.807, 2.05) is 12.1 Å². The molecule has 29 heavy (non-hydrogen) atoms. The average Bonchev–Trinajstić information content (AvgIpc) is 3.02. The van der Waals surface area contributed by atoms with E-state index in [1.165, 1.54) is 12.4 Å². The Bertz CT molecular complexity index is 1090. The minimum absolute atomic E-state index is 0.149. The van der Waals surface area contributed by atoms with E-state index < -0.39 is 0 Å². The summed E-state index contributed by atoms with van der Waals surface area (Å²) in [6.07, 6.45) is 3.71. The van der Waals surface area contributed by atoms with Crippen LogP contribution in [-0.2, 0) is 11.8 Å². The molecule has 3 aromatic rings. The SMILES string of the molecule is Cn1c(N2CCCO[C@@H](c3ccc(C#N)cc3)C2)nc(-c2ccncn2)cc1=O. The van der Waals surface area contributed by atoms with Gasteiger partial charge in [0, 0.05) is 32.5 Å². The van der Waals surface area contributed by atoms with Crippen LogP contribution in [0.3, 0.4) is 0 Å². The number of hydrogen-bond donors (Lipinski definition) is 0.